The summed E-state index contributed by atoms with van der Waals surface area (Å²) in [4.78, 5) is 35.0. The predicted molar refractivity (Wildman–Crippen MR) is 118 cm³/mol. The Morgan fingerprint density at radius 1 is 0.892 bits per heavy atom. The smallest absolute Gasteiger partial charge is 0.322 e. The van der Waals surface area contributed by atoms with E-state index in [9.17, 15) is 50.4 Å². The Bertz CT molecular complexity index is 1370. The molecule has 0 saturated heterocycles. The number of hydrogen-bond acceptors (Lipinski definition) is 5. The van der Waals surface area contributed by atoms with E-state index in [-0.39, 0.29) is 16.9 Å². The quantitative estimate of drug-likeness (QED) is 0.121. The van der Waals surface area contributed by atoms with Crippen molar-refractivity contribution in [3.05, 3.63) is 93.0 Å². The summed E-state index contributed by atoms with van der Waals surface area (Å²) in [7, 11) is 0. The van der Waals surface area contributed by atoms with Crippen molar-refractivity contribution in [1.82, 2.24) is 0 Å². The Morgan fingerprint density at radius 2 is 1.51 bits per heavy atom. The molecule has 0 aromatic heterocycles. The van der Waals surface area contributed by atoms with Gasteiger partial charge in [-0.05, 0) is 24.3 Å². The first-order chi connectivity index (χ1) is 17.3. The van der Waals surface area contributed by atoms with Crippen LogP contribution in [0.4, 0.5) is 47.8 Å². The van der Waals surface area contributed by atoms with Crippen LogP contribution in [0, 0.1) is 33.4 Å². The molecule has 37 heavy (non-hydrogen) atoms. The molecule has 0 bridgehead atoms. The maximum absolute atomic E-state index is 14.0. The number of nitrogens with zero attached hydrogens (tertiary/aromatic N) is 1. The number of carbonyl (C=O) groups excluding carboxylic acids is 2. The molecule has 2 N–H and O–H groups in total. The van der Waals surface area contributed by atoms with E-state index in [0.29, 0.717) is 4.90 Å². The summed E-state index contributed by atoms with van der Waals surface area (Å²) in [5.74, 6) is -12.7. The average molecular weight is 547 g/mol. The summed E-state index contributed by atoms with van der Waals surface area (Å²) in [6.45, 7) is 0. The van der Waals surface area contributed by atoms with Crippen molar-refractivity contribution >= 4 is 40.6 Å². The molecule has 3 aromatic rings. The third-order valence-corrected chi connectivity index (χ3v) is 5.59. The largest absolute Gasteiger partial charge is 0.422 e. The highest BCUT2D eigenvalue weighted by Crippen LogP contribution is 2.38. The second-order valence-corrected chi connectivity index (χ2v) is 8.18. The van der Waals surface area contributed by atoms with E-state index in [1.165, 1.54) is 47.8 Å². The Balaban J connectivity index is 1.68. The zero-order valence-electron chi connectivity index (χ0n) is 18.0. The third-order valence-electron chi connectivity index (χ3n) is 4.59. The number of nitro groups is 1. The zero-order valence-corrected chi connectivity index (χ0v) is 18.8. The third kappa shape index (κ3) is 6.35. The molecular formula is C22H12F7N3O4S. The van der Waals surface area contributed by atoms with Crippen molar-refractivity contribution in [2.45, 2.75) is 11.1 Å². The van der Waals surface area contributed by atoms with Crippen LogP contribution >= 0.6 is 11.8 Å². The van der Waals surface area contributed by atoms with Gasteiger partial charge in [0.25, 0.3) is 11.6 Å². The fourth-order valence-corrected chi connectivity index (χ4v) is 3.70. The number of anilines is 2. The molecule has 0 fully saturated rings. The molecule has 3 rings (SSSR count). The van der Waals surface area contributed by atoms with Crippen LogP contribution in [0.3, 0.4) is 0 Å². The topological polar surface area (TPSA) is 101 Å². The summed E-state index contributed by atoms with van der Waals surface area (Å²) < 4.78 is 93.4. The molecule has 2 amide bonds. The highest BCUT2D eigenvalue weighted by molar-refractivity contribution is 8.00. The normalized spacial score (nSPS) is 11.2. The van der Waals surface area contributed by atoms with E-state index in [2.05, 4.69) is 5.32 Å². The minimum atomic E-state index is -5.72. The number of nitro benzene ring substituents is 1. The van der Waals surface area contributed by atoms with Crippen LogP contribution in [0.2, 0.25) is 0 Å². The molecule has 0 aliphatic carbocycles. The van der Waals surface area contributed by atoms with Gasteiger partial charge in [0.1, 0.15) is 11.3 Å². The number of alkyl halides is 3. The van der Waals surface area contributed by atoms with Crippen molar-refractivity contribution in [1.29, 1.82) is 0 Å². The lowest BCUT2D eigenvalue weighted by molar-refractivity contribution is -0.384. The second-order valence-electron chi connectivity index (χ2n) is 7.13. The van der Waals surface area contributed by atoms with Crippen molar-refractivity contribution in [2.75, 3.05) is 16.4 Å². The van der Waals surface area contributed by atoms with Crippen LogP contribution < -0.4 is 10.6 Å². The lowest BCUT2D eigenvalue weighted by atomic mass is 10.1. The fourth-order valence-electron chi connectivity index (χ4n) is 2.94. The molecule has 194 valence electrons. The fraction of sp³-hybridized carbons (Fsp3) is 0.0909. The van der Waals surface area contributed by atoms with E-state index in [4.69, 9.17) is 0 Å². The monoisotopic (exact) mass is 547 g/mol. The van der Waals surface area contributed by atoms with Crippen LogP contribution in [0.25, 0.3) is 0 Å². The minimum absolute atomic E-state index is 0.00769. The van der Waals surface area contributed by atoms with Gasteiger partial charge in [-0.15, -0.1) is 11.8 Å². The van der Waals surface area contributed by atoms with Crippen LogP contribution in [0.15, 0.2) is 53.4 Å². The van der Waals surface area contributed by atoms with Crippen LogP contribution in [0.1, 0.15) is 15.9 Å². The number of nitrogens with one attached hydrogen (secondary N) is 2. The van der Waals surface area contributed by atoms with E-state index in [0.717, 1.165) is 17.8 Å². The number of rotatable bonds is 7. The van der Waals surface area contributed by atoms with Gasteiger partial charge in [0.15, 0.2) is 23.3 Å². The summed E-state index contributed by atoms with van der Waals surface area (Å²) >= 11 is 0.754. The molecule has 3 aromatic carbocycles. The molecule has 7 nitrogen and oxygen atoms in total. The maximum atomic E-state index is 14.0. The van der Waals surface area contributed by atoms with Gasteiger partial charge < -0.3 is 10.6 Å². The van der Waals surface area contributed by atoms with Gasteiger partial charge in [-0.1, -0.05) is 12.1 Å². The van der Waals surface area contributed by atoms with Gasteiger partial charge in [-0.2, -0.15) is 13.2 Å². The number of benzene rings is 3. The molecule has 15 heteroatoms. The van der Waals surface area contributed by atoms with Gasteiger partial charge in [0.05, 0.1) is 10.7 Å². The lowest BCUT2D eigenvalue weighted by Gasteiger charge is -2.14. The first kappa shape index (κ1) is 27.4. The molecule has 0 aliphatic heterocycles. The number of hydrogen-bond donors (Lipinski definition) is 2. The van der Waals surface area contributed by atoms with Gasteiger partial charge in [-0.3, -0.25) is 19.7 Å². The van der Waals surface area contributed by atoms with Crippen LogP contribution in [-0.4, -0.2) is 22.5 Å². The Morgan fingerprint density at radius 3 is 2.11 bits per heavy atom. The van der Waals surface area contributed by atoms with Crippen molar-refractivity contribution in [3.8, 4) is 0 Å². The van der Waals surface area contributed by atoms with E-state index in [1.807, 2.05) is 0 Å². The lowest BCUT2D eigenvalue weighted by Crippen LogP contribution is -2.21. The Kier molecular flexibility index (Phi) is 8.06. The summed E-state index contributed by atoms with van der Waals surface area (Å²) in [6, 6.07) is 10.7. The van der Waals surface area contributed by atoms with Gasteiger partial charge in [-0.25, -0.2) is 17.6 Å². The van der Waals surface area contributed by atoms with Crippen molar-refractivity contribution < 1.29 is 45.2 Å². The van der Waals surface area contributed by atoms with E-state index in [1.54, 1.807) is 0 Å². The molecule has 0 aliphatic rings. The molecule has 0 atom stereocenters. The number of amides is 2. The zero-order chi connectivity index (χ0) is 27.5. The van der Waals surface area contributed by atoms with Crippen LogP contribution in [0.5, 0.6) is 0 Å². The number of halogens is 7. The molecule has 0 radical (unpaired) electrons. The molecule has 0 saturated carbocycles. The standard InChI is InChI=1S/C22H12F7N3O4S/c23-16-15(22(27,28)29)17(24)19(26)20(18(16)25)31-14(33)9-37-13-6-2-4-11(8-13)30-21(34)10-3-1-5-12(7-10)32(35)36/h1-8H,9H2,(H,30,34)(H,31,33). The first-order valence-electron chi connectivity index (χ1n) is 9.81. The van der Waals surface area contributed by atoms with Gasteiger partial charge >= 0.3 is 6.18 Å². The van der Waals surface area contributed by atoms with Crippen molar-refractivity contribution in [3.63, 3.8) is 0 Å². The maximum Gasteiger partial charge on any atom is 0.422 e. The SMILES string of the molecule is O=C(CSc1cccc(NC(=O)c2cccc([N+](=O)[O-])c2)c1)Nc1c(F)c(F)c(C(F)(F)F)c(F)c1F. The van der Waals surface area contributed by atoms with Gasteiger partial charge in [0.2, 0.25) is 5.91 Å². The summed E-state index contributed by atoms with van der Waals surface area (Å²) in [5.41, 5.74) is -4.58. The Hall–Kier alpha value is -4.14. The molecular weight excluding hydrogens is 535 g/mol. The highest BCUT2D eigenvalue weighted by Gasteiger charge is 2.42. The van der Waals surface area contributed by atoms with Gasteiger partial charge in [0, 0.05) is 28.3 Å². The van der Waals surface area contributed by atoms with E-state index >= 15 is 0 Å². The number of thioether (sulfide) groups is 1. The second kappa shape index (κ2) is 10.9. The number of carbonyl (C=O) groups is 2. The Labute approximate surface area is 206 Å². The summed E-state index contributed by atoms with van der Waals surface area (Å²) in [6.07, 6.45) is -5.72. The average Bonchev–Trinajstić information content (AvgIpc) is 2.83. The number of non-ortho nitro benzene ring substituents is 1. The highest BCUT2D eigenvalue weighted by atomic mass is 32.2. The van der Waals surface area contributed by atoms with Crippen LogP contribution in [-0.2, 0) is 11.0 Å². The minimum Gasteiger partial charge on any atom is -0.322 e. The molecule has 0 spiro atoms. The van der Waals surface area contributed by atoms with Crippen molar-refractivity contribution in [2.24, 2.45) is 0 Å². The molecule has 0 heterocycles. The predicted octanol–water partition coefficient (Wildman–Crippen LogP) is 6.15. The molecule has 0 unspecified atom stereocenters. The van der Waals surface area contributed by atoms with E-state index < -0.39 is 63.2 Å². The first-order valence-corrected chi connectivity index (χ1v) is 10.8. The summed E-state index contributed by atoms with van der Waals surface area (Å²) in [5, 5.41) is 14.9.